The molecule has 1 aromatic heterocycles. The molecule has 2 aromatic rings. The maximum atomic E-state index is 12.4. The number of ether oxygens (including phenoxy) is 3. The first-order valence-electron chi connectivity index (χ1n) is 11.0. The molecule has 14 nitrogen and oxygen atoms in total. The summed E-state index contributed by atoms with van der Waals surface area (Å²) in [5, 5.41) is 0. The summed E-state index contributed by atoms with van der Waals surface area (Å²) in [6.07, 6.45) is -2.85. The lowest BCUT2D eigenvalue weighted by Gasteiger charge is -2.31. The summed E-state index contributed by atoms with van der Waals surface area (Å²) in [5.41, 5.74) is -0.487. The smallest absolute Gasteiger partial charge is 0.330 e. The quantitative estimate of drug-likeness (QED) is 0.377. The Hall–Kier alpha value is -1.96. The second kappa shape index (κ2) is 11.2. The van der Waals surface area contributed by atoms with Crippen LogP contribution in [-0.4, -0.2) is 47.4 Å². The average molecular weight is 546 g/mol. The van der Waals surface area contributed by atoms with Crippen LogP contribution in [-0.2, 0) is 43.1 Å². The van der Waals surface area contributed by atoms with Crippen molar-refractivity contribution in [1.82, 2.24) is 9.55 Å². The first-order chi connectivity index (χ1) is 17.1. The molecular weight excluding hydrogens is 522 g/mol. The van der Waals surface area contributed by atoms with E-state index in [0.29, 0.717) is 12.8 Å². The predicted molar refractivity (Wildman–Crippen MR) is 117 cm³/mol. The number of nitrogens with zero attached hydrogens (tertiary/aromatic N) is 1. The Balaban J connectivity index is 1.50. The molecule has 36 heavy (non-hydrogen) atoms. The highest BCUT2D eigenvalue weighted by molar-refractivity contribution is 7.59. The minimum absolute atomic E-state index is 0.264. The molecule has 0 amide bonds. The molecule has 0 spiro atoms. The van der Waals surface area contributed by atoms with E-state index < -0.39 is 64.3 Å². The maximum Gasteiger partial charge on any atom is 0.330 e. The zero-order chi connectivity index (χ0) is 25.9. The Morgan fingerprint density at radius 1 is 1.00 bits per heavy atom. The number of aromatic nitrogens is 2. The molecule has 3 heterocycles. The number of aromatic amines is 1. The van der Waals surface area contributed by atoms with Gasteiger partial charge in [-0.3, -0.25) is 23.5 Å². The summed E-state index contributed by atoms with van der Waals surface area (Å²) >= 11 is 0. The summed E-state index contributed by atoms with van der Waals surface area (Å²) < 4.78 is 55.8. The van der Waals surface area contributed by atoms with Gasteiger partial charge in [0.05, 0.1) is 13.2 Å². The van der Waals surface area contributed by atoms with E-state index in [4.69, 9.17) is 18.7 Å². The molecule has 4 unspecified atom stereocenters. The van der Waals surface area contributed by atoms with Crippen molar-refractivity contribution >= 4 is 15.6 Å². The van der Waals surface area contributed by atoms with E-state index in [0.717, 1.165) is 16.2 Å². The molecule has 2 fully saturated rings. The molecule has 0 bridgehead atoms. The number of rotatable bonds is 11. The van der Waals surface area contributed by atoms with Gasteiger partial charge >= 0.3 is 5.69 Å². The van der Waals surface area contributed by atoms with Crippen molar-refractivity contribution < 1.29 is 46.5 Å². The molecule has 198 valence electrons. The van der Waals surface area contributed by atoms with Crippen molar-refractivity contribution in [2.24, 2.45) is 0 Å². The van der Waals surface area contributed by atoms with Gasteiger partial charge in [0.1, 0.15) is 18.3 Å². The van der Waals surface area contributed by atoms with Crippen LogP contribution in [0.2, 0.25) is 0 Å². The van der Waals surface area contributed by atoms with Crippen molar-refractivity contribution in [1.29, 1.82) is 0 Å². The van der Waals surface area contributed by atoms with Gasteiger partial charge in [-0.1, -0.05) is 37.3 Å². The van der Waals surface area contributed by atoms with E-state index >= 15 is 0 Å². The Morgan fingerprint density at radius 2 is 1.69 bits per heavy atom. The molecule has 0 radical (unpaired) electrons. The first-order valence-corrected chi connectivity index (χ1v) is 13.9. The van der Waals surface area contributed by atoms with Gasteiger partial charge in [0.15, 0.2) is 12.5 Å². The molecule has 2 saturated heterocycles. The fourth-order valence-electron chi connectivity index (χ4n) is 3.83. The lowest BCUT2D eigenvalue weighted by atomic mass is 10.1. The van der Waals surface area contributed by atoms with Gasteiger partial charge in [-0.05, 0) is 12.0 Å². The average Bonchev–Trinajstić information content (AvgIpc) is 3.35. The third-order valence-corrected chi connectivity index (χ3v) is 7.89. The summed E-state index contributed by atoms with van der Waals surface area (Å²) in [4.78, 5) is 49.8. The van der Waals surface area contributed by atoms with E-state index in [-0.39, 0.29) is 6.61 Å². The van der Waals surface area contributed by atoms with Gasteiger partial charge in [-0.25, -0.2) is 9.11 Å². The standard InChI is InChI=1S/C20H26N2O12P2/c1-2-10-29-35(25,26)34-36(27,28)30-12-14-17-18(19(31-14)22-9-8-15(23)21-20(22)24)33-16(32-17)11-13-6-4-3-5-7-13/h3-9,14,16-19H,2,10-12H2,1H3,(H,25,26)(H,27,28)(H,21,23,24)/p-2/t14-,16?,17?,18+,19-/m1/s1. The Kier molecular flexibility index (Phi) is 8.42. The number of nitrogens with one attached hydrogen (secondary N) is 1. The molecule has 7 atom stereocenters. The number of benzene rings is 1. The highest BCUT2D eigenvalue weighted by atomic mass is 31.3. The largest absolute Gasteiger partial charge is 0.756 e. The van der Waals surface area contributed by atoms with Crippen LogP contribution >= 0.6 is 15.6 Å². The molecule has 4 rings (SSSR count). The van der Waals surface area contributed by atoms with Crippen molar-refractivity contribution in [2.45, 2.75) is 50.6 Å². The third-order valence-electron chi connectivity index (χ3n) is 5.32. The Morgan fingerprint density at radius 3 is 2.39 bits per heavy atom. The molecule has 2 aliphatic rings. The first kappa shape index (κ1) is 27.1. The molecule has 0 saturated carbocycles. The van der Waals surface area contributed by atoms with Crippen LogP contribution in [0.1, 0.15) is 25.1 Å². The number of phosphoric ester groups is 2. The summed E-state index contributed by atoms with van der Waals surface area (Å²) in [5.74, 6) is 0. The van der Waals surface area contributed by atoms with E-state index in [1.165, 1.54) is 6.20 Å². The Bertz CT molecular complexity index is 1250. The highest BCUT2D eigenvalue weighted by Crippen LogP contribution is 2.56. The molecular formula is C20H24N2O12P2-2. The zero-order valence-electron chi connectivity index (χ0n) is 19.0. The van der Waals surface area contributed by atoms with Crippen LogP contribution < -0.4 is 21.0 Å². The number of hydrogen-bond donors (Lipinski definition) is 1. The van der Waals surface area contributed by atoms with Gasteiger partial charge in [0.2, 0.25) is 0 Å². The molecule has 0 aliphatic carbocycles. The van der Waals surface area contributed by atoms with Gasteiger partial charge in [-0.2, -0.15) is 0 Å². The topological polar surface area (TPSA) is 190 Å². The van der Waals surface area contributed by atoms with Crippen molar-refractivity contribution in [3.8, 4) is 0 Å². The van der Waals surface area contributed by atoms with Crippen LogP contribution in [0, 0.1) is 0 Å². The summed E-state index contributed by atoms with van der Waals surface area (Å²) in [7, 11) is -10.5. The van der Waals surface area contributed by atoms with Crippen molar-refractivity contribution in [3.05, 3.63) is 69.0 Å². The fraction of sp³-hybridized carbons (Fsp3) is 0.500. The molecule has 1 N–H and O–H groups in total. The van der Waals surface area contributed by atoms with Gasteiger partial charge in [0, 0.05) is 18.7 Å². The van der Waals surface area contributed by atoms with Crippen LogP contribution in [0.5, 0.6) is 0 Å². The van der Waals surface area contributed by atoms with E-state index in [1.54, 1.807) is 6.92 Å². The molecule has 2 aliphatic heterocycles. The lowest BCUT2D eigenvalue weighted by molar-refractivity contribution is -0.245. The van der Waals surface area contributed by atoms with E-state index in [2.05, 4.69) is 13.8 Å². The minimum Gasteiger partial charge on any atom is -0.756 e. The number of phosphoric acid groups is 2. The monoisotopic (exact) mass is 546 g/mol. The second-order valence-corrected chi connectivity index (χ2v) is 11.0. The van der Waals surface area contributed by atoms with Crippen molar-refractivity contribution in [2.75, 3.05) is 13.2 Å². The van der Waals surface area contributed by atoms with Crippen molar-refractivity contribution in [3.63, 3.8) is 0 Å². The van der Waals surface area contributed by atoms with E-state index in [9.17, 15) is 28.5 Å². The maximum absolute atomic E-state index is 12.4. The summed E-state index contributed by atoms with van der Waals surface area (Å²) in [6.45, 7) is 0.658. The minimum atomic E-state index is -5.36. The van der Waals surface area contributed by atoms with Gasteiger partial charge in [0.25, 0.3) is 21.2 Å². The van der Waals surface area contributed by atoms with Crippen LogP contribution in [0.25, 0.3) is 0 Å². The SMILES string of the molecule is CCCOP(=O)([O-])OP(=O)([O-])OC[C@H]1O[C@@H](n2ccc(=O)[nH]c2=O)[C@H]2OC(Cc3ccccc3)OC12. The van der Waals surface area contributed by atoms with E-state index in [1.807, 2.05) is 30.3 Å². The number of hydrogen-bond acceptors (Lipinski definition) is 12. The van der Waals surface area contributed by atoms with Crippen LogP contribution in [0.4, 0.5) is 0 Å². The zero-order valence-corrected chi connectivity index (χ0v) is 20.8. The number of H-pyrrole nitrogens is 1. The van der Waals surface area contributed by atoms with Gasteiger partial charge in [-0.15, -0.1) is 0 Å². The normalized spacial score (nSPS) is 28.9. The van der Waals surface area contributed by atoms with Crippen LogP contribution in [0.15, 0.2) is 52.2 Å². The second-order valence-electron chi connectivity index (χ2n) is 8.01. The molecule has 16 heteroatoms. The third kappa shape index (κ3) is 6.67. The number of fused-ring (bicyclic) bond motifs is 1. The van der Waals surface area contributed by atoms with Crippen LogP contribution in [0.3, 0.4) is 0 Å². The lowest BCUT2D eigenvalue weighted by Crippen LogP contribution is -2.36. The fourth-order valence-corrected chi connectivity index (χ4v) is 5.92. The highest BCUT2D eigenvalue weighted by Gasteiger charge is 2.54. The molecule has 1 aromatic carbocycles. The summed E-state index contributed by atoms with van der Waals surface area (Å²) in [6, 6.07) is 10.4. The Labute approximate surface area is 204 Å². The van der Waals surface area contributed by atoms with Gasteiger partial charge < -0.3 is 33.0 Å². The predicted octanol–water partition coefficient (Wildman–Crippen LogP) is 0.183.